The molecule has 0 aliphatic heterocycles. The molecule has 0 saturated heterocycles. The number of phenols is 1. The molecule has 4 nitrogen and oxygen atoms in total. The Bertz CT molecular complexity index is 478. The zero-order valence-corrected chi connectivity index (χ0v) is 12.1. The first-order chi connectivity index (χ1) is 9.61. The van der Waals surface area contributed by atoms with E-state index in [4.69, 9.17) is 11.6 Å². The average molecular weight is 298 g/mol. The molecule has 1 aromatic carbocycles. The number of aliphatic hydroxyl groups is 1. The molecule has 1 aromatic rings. The maximum atomic E-state index is 12.1. The molecule has 1 aliphatic rings. The average Bonchev–Trinajstić information content (AvgIpc) is 2.47. The van der Waals surface area contributed by atoms with Gasteiger partial charge in [0, 0.05) is 18.2 Å². The van der Waals surface area contributed by atoms with Crippen LogP contribution in [-0.4, -0.2) is 29.3 Å². The van der Waals surface area contributed by atoms with Gasteiger partial charge in [-0.25, -0.2) is 0 Å². The number of phenolic OH excluding ortho intramolecular Hbond substituents is 1. The molecular weight excluding hydrogens is 278 g/mol. The van der Waals surface area contributed by atoms with Gasteiger partial charge in [-0.1, -0.05) is 24.4 Å². The van der Waals surface area contributed by atoms with Gasteiger partial charge in [0.1, 0.15) is 5.75 Å². The first-order valence-corrected chi connectivity index (χ1v) is 7.37. The van der Waals surface area contributed by atoms with Gasteiger partial charge < -0.3 is 15.5 Å². The summed E-state index contributed by atoms with van der Waals surface area (Å²) in [4.78, 5) is 12.1. The van der Waals surface area contributed by atoms with Crippen molar-refractivity contribution >= 4 is 17.5 Å². The zero-order valence-electron chi connectivity index (χ0n) is 11.3. The van der Waals surface area contributed by atoms with Gasteiger partial charge in [-0.3, -0.25) is 4.79 Å². The Kier molecular flexibility index (Phi) is 5.26. The number of aliphatic hydroxyl groups excluding tert-OH is 1. The van der Waals surface area contributed by atoms with E-state index in [9.17, 15) is 15.0 Å². The van der Waals surface area contributed by atoms with E-state index < -0.39 is 0 Å². The largest absolute Gasteiger partial charge is 0.507 e. The first-order valence-electron chi connectivity index (χ1n) is 6.99. The van der Waals surface area contributed by atoms with Gasteiger partial charge in [0.15, 0.2) is 0 Å². The SMILES string of the molecule is O=C(NCC1CCCCC1CO)c1cc(Cl)ccc1O. The molecule has 1 aliphatic carbocycles. The van der Waals surface area contributed by atoms with Gasteiger partial charge >= 0.3 is 0 Å². The van der Waals surface area contributed by atoms with E-state index in [1.54, 1.807) is 0 Å². The first kappa shape index (κ1) is 15.1. The van der Waals surface area contributed by atoms with Gasteiger partial charge in [0.2, 0.25) is 0 Å². The fourth-order valence-corrected chi connectivity index (χ4v) is 2.97. The molecule has 2 atom stereocenters. The molecule has 1 fully saturated rings. The van der Waals surface area contributed by atoms with E-state index in [0.29, 0.717) is 17.5 Å². The number of carbonyl (C=O) groups excluding carboxylic acids is 1. The molecule has 110 valence electrons. The Balaban J connectivity index is 1.96. The third-order valence-corrected chi connectivity index (χ3v) is 4.26. The molecule has 2 unspecified atom stereocenters. The lowest BCUT2D eigenvalue weighted by Crippen LogP contribution is -2.35. The van der Waals surface area contributed by atoms with Crippen LogP contribution >= 0.6 is 11.6 Å². The van der Waals surface area contributed by atoms with E-state index in [1.165, 1.54) is 18.2 Å². The van der Waals surface area contributed by atoms with E-state index in [2.05, 4.69) is 5.32 Å². The van der Waals surface area contributed by atoms with Crippen LogP contribution in [0, 0.1) is 11.8 Å². The van der Waals surface area contributed by atoms with Gasteiger partial charge in [-0.2, -0.15) is 0 Å². The number of amides is 1. The second kappa shape index (κ2) is 6.95. The molecule has 0 heterocycles. The van der Waals surface area contributed by atoms with Crippen LogP contribution in [0.2, 0.25) is 5.02 Å². The fraction of sp³-hybridized carbons (Fsp3) is 0.533. The van der Waals surface area contributed by atoms with Crippen molar-refractivity contribution in [1.29, 1.82) is 0 Å². The third kappa shape index (κ3) is 3.64. The van der Waals surface area contributed by atoms with Crippen LogP contribution in [0.1, 0.15) is 36.0 Å². The molecule has 20 heavy (non-hydrogen) atoms. The van der Waals surface area contributed by atoms with Crippen molar-refractivity contribution in [2.75, 3.05) is 13.2 Å². The summed E-state index contributed by atoms with van der Waals surface area (Å²) in [6, 6.07) is 4.40. The molecule has 0 bridgehead atoms. The lowest BCUT2D eigenvalue weighted by Gasteiger charge is -2.30. The normalized spacial score (nSPS) is 22.5. The molecular formula is C15H20ClNO3. The van der Waals surface area contributed by atoms with E-state index in [1.807, 2.05) is 0 Å². The minimum Gasteiger partial charge on any atom is -0.507 e. The van der Waals surface area contributed by atoms with Crippen LogP contribution in [0.5, 0.6) is 5.75 Å². The predicted octanol–water partition coefficient (Wildman–Crippen LogP) is 2.57. The number of hydrogen-bond donors (Lipinski definition) is 3. The zero-order chi connectivity index (χ0) is 14.5. The number of halogens is 1. The summed E-state index contributed by atoms with van der Waals surface area (Å²) in [6.07, 6.45) is 4.32. The van der Waals surface area contributed by atoms with Crippen LogP contribution in [0.25, 0.3) is 0 Å². The highest BCUT2D eigenvalue weighted by Gasteiger charge is 2.25. The van der Waals surface area contributed by atoms with Crippen LogP contribution in [-0.2, 0) is 0 Å². The Labute approximate surface area is 123 Å². The summed E-state index contributed by atoms with van der Waals surface area (Å²) >= 11 is 5.83. The van der Waals surface area contributed by atoms with Crippen molar-refractivity contribution in [2.45, 2.75) is 25.7 Å². The highest BCUT2D eigenvalue weighted by atomic mass is 35.5. The summed E-state index contributed by atoms with van der Waals surface area (Å²) in [6.45, 7) is 0.693. The number of aromatic hydroxyl groups is 1. The Morgan fingerprint density at radius 3 is 2.70 bits per heavy atom. The van der Waals surface area contributed by atoms with E-state index in [0.717, 1.165) is 25.7 Å². The second-order valence-corrected chi connectivity index (χ2v) is 5.80. The molecule has 1 amide bonds. The van der Waals surface area contributed by atoms with Crippen molar-refractivity contribution in [3.8, 4) is 5.75 Å². The maximum absolute atomic E-state index is 12.1. The number of benzene rings is 1. The summed E-state index contributed by atoms with van der Waals surface area (Å²) in [5, 5.41) is 22.3. The van der Waals surface area contributed by atoms with Crippen LogP contribution in [0.15, 0.2) is 18.2 Å². The van der Waals surface area contributed by atoms with Gasteiger partial charge in [-0.05, 0) is 42.9 Å². The fourth-order valence-electron chi connectivity index (χ4n) is 2.80. The highest BCUT2D eigenvalue weighted by molar-refractivity contribution is 6.31. The van der Waals surface area contributed by atoms with Gasteiger partial charge in [-0.15, -0.1) is 0 Å². The van der Waals surface area contributed by atoms with Crippen molar-refractivity contribution in [3.63, 3.8) is 0 Å². The maximum Gasteiger partial charge on any atom is 0.255 e. The molecule has 5 heteroatoms. The molecule has 2 rings (SSSR count). The third-order valence-electron chi connectivity index (χ3n) is 4.03. The number of rotatable bonds is 4. The summed E-state index contributed by atoms with van der Waals surface area (Å²) in [7, 11) is 0. The van der Waals surface area contributed by atoms with Gasteiger partial charge in [0.25, 0.3) is 5.91 Å². The van der Waals surface area contributed by atoms with Crippen molar-refractivity contribution in [3.05, 3.63) is 28.8 Å². The Hall–Kier alpha value is -1.26. The summed E-state index contributed by atoms with van der Waals surface area (Å²) in [5.74, 6) is 0.164. The van der Waals surface area contributed by atoms with E-state index in [-0.39, 0.29) is 29.7 Å². The van der Waals surface area contributed by atoms with Crippen molar-refractivity contribution < 1.29 is 15.0 Å². The lowest BCUT2D eigenvalue weighted by atomic mass is 9.79. The molecule has 1 saturated carbocycles. The Morgan fingerprint density at radius 2 is 2.00 bits per heavy atom. The number of carbonyl (C=O) groups is 1. The number of nitrogens with one attached hydrogen (secondary N) is 1. The monoisotopic (exact) mass is 297 g/mol. The quantitative estimate of drug-likeness (QED) is 0.800. The minimum absolute atomic E-state index is 0.0748. The highest BCUT2D eigenvalue weighted by Crippen LogP contribution is 2.29. The second-order valence-electron chi connectivity index (χ2n) is 5.36. The Morgan fingerprint density at radius 1 is 1.30 bits per heavy atom. The molecule has 0 radical (unpaired) electrons. The van der Waals surface area contributed by atoms with Gasteiger partial charge in [0.05, 0.1) is 5.56 Å². The standard InChI is InChI=1S/C15H20ClNO3/c16-12-5-6-14(19)13(7-12)15(20)17-8-10-3-1-2-4-11(10)9-18/h5-7,10-11,18-19H,1-4,8-9H2,(H,17,20). The molecule has 0 aromatic heterocycles. The summed E-state index contributed by atoms with van der Waals surface area (Å²) in [5.41, 5.74) is 0.189. The van der Waals surface area contributed by atoms with E-state index >= 15 is 0 Å². The van der Waals surface area contributed by atoms with Crippen LogP contribution in [0.3, 0.4) is 0 Å². The van der Waals surface area contributed by atoms with Crippen molar-refractivity contribution in [2.24, 2.45) is 11.8 Å². The number of hydrogen-bond acceptors (Lipinski definition) is 3. The van der Waals surface area contributed by atoms with Crippen LogP contribution < -0.4 is 5.32 Å². The molecule has 3 N–H and O–H groups in total. The topological polar surface area (TPSA) is 69.6 Å². The molecule has 0 spiro atoms. The summed E-state index contributed by atoms with van der Waals surface area (Å²) < 4.78 is 0. The van der Waals surface area contributed by atoms with Crippen LogP contribution in [0.4, 0.5) is 0 Å². The minimum atomic E-state index is -0.327. The van der Waals surface area contributed by atoms with Crippen molar-refractivity contribution in [1.82, 2.24) is 5.32 Å². The smallest absolute Gasteiger partial charge is 0.255 e. The lowest BCUT2D eigenvalue weighted by molar-refractivity contribution is 0.0907. The predicted molar refractivity (Wildman–Crippen MR) is 78.0 cm³/mol.